The molecule has 3 nitrogen and oxygen atoms in total. The van der Waals surface area contributed by atoms with Crippen molar-refractivity contribution in [1.29, 1.82) is 0 Å². The molecule has 0 aliphatic rings. The molecule has 0 saturated carbocycles. The first-order chi connectivity index (χ1) is 3.18. The largest absolute Gasteiger partial charge is 0.307 e. The van der Waals surface area contributed by atoms with Gasteiger partial charge in [0.05, 0.1) is 0 Å². The number of ketones is 1. The van der Waals surface area contributed by atoms with E-state index in [0.29, 0.717) is 0 Å². The molecule has 0 aromatic heterocycles. The van der Waals surface area contributed by atoms with Crippen molar-refractivity contribution in [3.63, 3.8) is 0 Å². The first kappa shape index (κ1) is 6.14. The lowest BCUT2D eigenvalue weighted by atomic mass is 10.4. The predicted molar refractivity (Wildman–Crippen MR) is 23.7 cm³/mol. The molecule has 0 saturated heterocycles. The Bertz CT molecular complexity index is 97.9. The monoisotopic (exact) mass is 100 g/mol. The third-order valence-corrected chi connectivity index (χ3v) is 0.504. The van der Waals surface area contributed by atoms with Gasteiger partial charge in [0.2, 0.25) is 5.78 Å². The van der Waals surface area contributed by atoms with Crippen molar-refractivity contribution >= 4 is 11.7 Å². The summed E-state index contributed by atoms with van der Waals surface area (Å²) >= 11 is 0. The minimum absolute atomic E-state index is 0.512. The summed E-state index contributed by atoms with van der Waals surface area (Å²) < 4.78 is 0. The van der Waals surface area contributed by atoms with E-state index in [1.54, 1.807) is 0 Å². The van der Waals surface area contributed by atoms with E-state index < -0.39 is 11.7 Å². The zero-order valence-corrected chi connectivity index (χ0v) is 4.26. The highest BCUT2D eigenvalue weighted by atomic mass is 16.2. The molecule has 3 heteroatoms. The van der Waals surface area contributed by atoms with Crippen molar-refractivity contribution in [3.05, 3.63) is 0 Å². The van der Waals surface area contributed by atoms with Gasteiger partial charge >= 0.3 is 5.91 Å². The van der Waals surface area contributed by atoms with Crippen molar-refractivity contribution in [2.45, 2.75) is 6.92 Å². The van der Waals surface area contributed by atoms with Crippen LogP contribution >= 0.6 is 0 Å². The van der Waals surface area contributed by atoms with E-state index in [2.05, 4.69) is 5.32 Å². The van der Waals surface area contributed by atoms with Crippen molar-refractivity contribution in [3.8, 4) is 0 Å². The Kier molecular flexibility index (Phi) is 2.05. The molecule has 0 rings (SSSR count). The Morgan fingerprint density at radius 3 is 1.86 bits per heavy atom. The van der Waals surface area contributed by atoms with Crippen molar-refractivity contribution in [2.75, 3.05) is 7.05 Å². The van der Waals surface area contributed by atoms with Gasteiger partial charge in [0.1, 0.15) is 0 Å². The summed E-state index contributed by atoms with van der Waals surface area (Å²) in [7, 11) is 1.30. The number of nitrogens with zero attached hydrogens (tertiary/aromatic N) is 1. The van der Waals surface area contributed by atoms with Crippen molar-refractivity contribution in [2.24, 2.45) is 0 Å². The Labute approximate surface area is 41.7 Å². The SMILES string of the molecule is C[N]C(=O)C(C)=O. The van der Waals surface area contributed by atoms with E-state index in [9.17, 15) is 9.59 Å². The van der Waals surface area contributed by atoms with Crippen LogP contribution < -0.4 is 5.32 Å². The van der Waals surface area contributed by atoms with Gasteiger partial charge in [0.25, 0.3) is 0 Å². The second-order valence-electron chi connectivity index (χ2n) is 1.08. The molecule has 1 radical (unpaired) electrons. The van der Waals surface area contributed by atoms with E-state index in [1.165, 1.54) is 14.0 Å². The Morgan fingerprint density at radius 2 is 1.86 bits per heavy atom. The van der Waals surface area contributed by atoms with Gasteiger partial charge in [-0.3, -0.25) is 9.59 Å². The highest BCUT2D eigenvalue weighted by Crippen LogP contribution is 1.65. The van der Waals surface area contributed by atoms with E-state index in [-0.39, 0.29) is 0 Å². The van der Waals surface area contributed by atoms with Gasteiger partial charge in [-0.05, 0) is 0 Å². The molecule has 0 bridgehead atoms. The first-order valence-corrected chi connectivity index (χ1v) is 1.83. The fourth-order valence-electron chi connectivity index (χ4n) is 0.157. The average molecular weight is 100 g/mol. The van der Waals surface area contributed by atoms with Gasteiger partial charge in [0, 0.05) is 14.0 Å². The van der Waals surface area contributed by atoms with Crippen LogP contribution in [0.25, 0.3) is 0 Å². The third kappa shape index (κ3) is 1.92. The fraction of sp³-hybridized carbons (Fsp3) is 0.500. The minimum Gasteiger partial charge on any atom is -0.289 e. The van der Waals surface area contributed by atoms with Crippen LogP contribution in [0, 0.1) is 0 Å². The fourth-order valence-corrected chi connectivity index (χ4v) is 0.157. The van der Waals surface area contributed by atoms with Gasteiger partial charge in [-0.25, -0.2) is 5.32 Å². The van der Waals surface area contributed by atoms with Crippen molar-refractivity contribution < 1.29 is 9.59 Å². The Balaban J connectivity index is 3.58. The Hall–Kier alpha value is -0.860. The molecule has 1 amide bonds. The van der Waals surface area contributed by atoms with Gasteiger partial charge in [-0.15, -0.1) is 0 Å². The Morgan fingerprint density at radius 1 is 1.43 bits per heavy atom. The maximum absolute atomic E-state index is 10.00. The summed E-state index contributed by atoms with van der Waals surface area (Å²) in [6.45, 7) is 1.19. The summed E-state index contributed by atoms with van der Waals surface area (Å²) in [4.78, 5) is 19.9. The highest BCUT2D eigenvalue weighted by molar-refractivity contribution is 6.34. The molecule has 0 aliphatic heterocycles. The summed E-state index contributed by atoms with van der Waals surface area (Å²) in [6, 6.07) is 0. The lowest BCUT2D eigenvalue weighted by Crippen LogP contribution is -2.18. The molecule has 0 aromatic carbocycles. The number of Topliss-reactive ketones (excluding diaryl/α,β-unsaturated/α-hetero) is 1. The van der Waals surface area contributed by atoms with E-state index in [1.807, 2.05) is 0 Å². The second-order valence-corrected chi connectivity index (χ2v) is 1.08. The van der Waals surface area contributed by atoms with Crippen molar-refractivity contribution in [1.82, 2.24) is 5.32 Å². The quantitative estimate of drug-likeness (QED) is 0.410. The molecule has 39 valence electrons. The topological polar surface area (TPSA) is 48.2 Å². The molecule has 0 fully saturated rings. The molecule has 0 aliphatic carbocycles. The van der Waals surface area contributed by atoms with Gasteiger partial charge in [0.15, 0.2) is 0 Å². The number of amides is 1. The van der Waals surface area contributed by atoms with Crippen LogP contribution in [0.5, 0.6) is 0 Å². The number of hydrogen-bond donors (Lipinski definition) is 0. The zero-order valence-electron chi connectivity index (χ0n) is 4.26. The number of rotatable bonds is 1. The van der Waals surface area contributed by atoms with Crippen LogP contribution in [-0.4, -0.2) is 18.7 Å². The number of carbonyl (C=O) groups is 2. The second kappa shape index (κ2) is 2.34. The molecule has 0 atom stereocenters. The minimum atomic E-state index is -0.667. The smallest absolute Gasteiger partial charge is 0.289 e. The molecule has 0 spiro atoms. The normalized spacial score (nSPS) is 7.71. The standard InChI is InChI=1S/C4H6NO2/c1-3(6)4(7)5-2/h1-2H3. The maximum atomic E-state index is 10.00. The maximum Gasteiger partial charge on any atom is 0.307 e. The lowest BCUT2D eigenvalue weighted by molar-refractivity contribution is -0.136. The molecule has 7 heavy (non-hydrogen) atoms. The molecular formula is C4H6NO2. The molecule has 0 N–H and O–H groups in total. The number of hydrogen-bond acceptors (Lipinski definition) is 2. The summed E-state index contributed by atoms with van der Waals surface area (Å²) in [6.07, 6.45) is 0. The molecule has 0 aromatic rings. The summed E-state index contributed by atoms with van der Waals surface area (Å²) in [5, 5.41) is 3.10. The van der Waals surface area contributed by atoms with Gasteiger partial charge < -0.3 is 0 Å². The van der Waals surface area contributed by atoms with E-state index in [0.717, 1.165) is 0 Å². The van der Waals surface area contributed by atoms with Crippen LogP contribution in [0.1, 0.15) is 6.92 Å². The van der Waals surface area contributed by atoms with Crippen LogP contribution in [0.4, 0.5) is 0 Å². The molecule has 0 heterocycles. The first-order valence-electron chi connectivity index (χ1n) is 1.83. The average Bonchev–Trinajstić information content (AvgIpc) is 1.65. The molecular weight excluding hydrogens is 94.0 g/mol. The summed E-state index contributed by atoms with van der Waals surface area (Å²) in [5.41, 5.74) is 0. The highest BCUT2D eigenvalue weighted by Gasteiger charge is 2.02. The van der Waals surface area contributed by atoms with Crippen LogP contribution in [0.3, 0.4) is 0 Å². The van der Waals surface area contributed by atoms with E-state index in [4.69, 9.17) is 0 Å². The van der Waals surface area contributed by atoms with Crippen LogP contribution in [0.2, 0.25) is 0 Å². The number of likely N-dealkylation sites (N-methyl/N-ethyl adjacent to an activating group) is 1. The van der Waals surface area contributed by atoms with Crippen LogP contribution in [-0.2, 0) is 9.59 Å². The third-order valence-electron chi connectivity index (χ3n) is 0.504. The van der Waals surface area contributed by atoms with Crippen LogP contribution in [0.15, 0.2) is 0 Å². The number of carbonyl (C=O) groups excluding carboxylic acids is 2. The van der Waals surface area contributed by atoms with Gasteiger partial charge in [-0.1, -0.05) is 0 Å². The summed E-state index contributed by atoms with van der Waals surface area (Å²) in [5.74, 6) is -1.18. The van der Waals surface area contributed by atoms with Gasteiger partial charge in [-0.2, -0.15) is 0 Å². The molecule has 0 unspecified atom stereocenters. The zero-order chi connectivity index (χ0) is 5.86. The predicted octanol–water partition coefficient (Wildman–Crippen LogP) is -0.664. The lowest BCUT2D eigenvalue weighted by Gasteiger charge is -1.83. The van der Waals surface area contributed by atoms with E-state index >= 15 is 0 Å².